The number of aryl methyl sites for hydroxylation is 1. The van der Waals surface area contributed by atoms with Gasteiger partial charge in [-0.2, -0.15) is 0 Å². The predicted molar refractivity (Wildman–Crippen MR) is 76.1 cm³/mol. The lowest BCUT2D eigenvalue weighted by atomic mass is 10.1. The Kier molecular flexibility index (Phi) is 4.85. The van der Waals surface area contributed by atoms with E-state index in [1.165, 1.54) is 0 Å². The molecule has 19 heavy (non-hydrogen) atoms. The number of hydrogen-bond acceptors (Lipinski definition) is 4. The molecule has 2 rings (SSSR count). The number of benzene rings is 1. The second-order valence-corrected chi connectivity index (χ2v) is 5.94. The second-order valence-electron chi connectivity index (χ2n) is 4.85. The van der Waals surface area contributed by atoms with Gasteiger partial charge in [0.25, 0.3) is 0 Å². The van der Waals surface area contributed by atoms with Crippen LogP contribution in [0.3, 0.4) is 0 Å². The number of nitrogens with zero attached hydrogens (tertiary/aromatic N) is 1. The van der Waals surface area contributed by atoms with Crippen LogP contribution in [0.4, 0.5) is 0 Å². The van der Waals surface area contributed by atoms with Gasteiger partial charge in [0.2, 0.25) is 0 Å². The zero-order chi connectivity index (χ0) is 13.8. The van der Waals surface area contributed by atoms with Gasteiger partial charge < -0.3 is 14.7 Å². The first-order valence-corrected chi connectivity index (χ1v) is 7.31. The number of aromatic carboxylic acids is 1. The minimum atomic E-state index is -0.867. The van der Waals surface area contributed by atoms with E-state index in [0.29, 0.717) is 5.56 Å². The van der Waals surface area contributed by atoms with E-state index in [9.17, 15) is 4.79 Å². The summed E-state index contributed by atoms with van der Waals surface area (Å²) in [6.45, 7) is 4.51. The van der Waals surface area contributed by atoms with Crippen molar-refractivity contribution in [2.24, 2.45) is 0 Å². The van der Waals surface area contributed by atoms with Crippen LogP contribution in [-0.4, -0.2) is 54.6 Å². The average Bonchev–Trinajstić information content (AvgIpc) is 2.37. The fourth-order valence-electron chi connectivity index (χ4n) is 2.08. The number of likely N-dealkylation sites (N-methyl/N-ethyl adjacent to an activating group) is 1. The molecule has 0 saturated carbocycles. The summed E-state index contributed by atoms with van der Waals surface area (Å²) in [4.78, 5) is 14.3. The summed E-state index contributed by atoms with van der Waals surface area (Å²) in [7, 11) is 2.09. The third-order valence-electron chi connectivity index (χ3n) is 3.22. The molecule has 1 fully saturated rings. The van der Waals surface area contributed by atoms with Gasteiger partial charge in [-0.25, -0.2) is 4.79 Å². The quantitative estimate of drug-likeness (QED) is 0.857. The van der Waals surface area contributed by atoms with Crippen molar-refractivity contribution in [3.8, 4) is 0 Å². The molecule has 104 valence electrons. The van der Waals surface area contributed by atoms with Crippen molar-refractivity contribution in [3.63, 3.8) is 0 Å². The first kappa shape index (κ1) is 14.4. The number of hydrogen-bond donors (Lipinski definition) is 1. The zero-order valence-corrected chi connectivity index (χ0v) is 12.1. The molecule has 1 heterocycles. The van der Waals surface area contributed by atoms with Gasteiger partial charge in [0.1, 0.15) is 0 Å². The summed E-state index contributed by atoms with van der Waals surface area (Å²) in [6.07, 6.45) is 0.221. The lowest BCUT2D eigenvalue weighted by Gasteiger charge is -2.29. The standard InChI is InChI=1S/C14H19NO3S/c1-10-3-4-12(7-13(10)14(16)17)19-9-11-8-15(2)5-6-18-11/h3-4,7,11H,5-6,8-9H2,1-2H3,(H,16,17). The molecule has 0 radical (unpaired) electrons. The molecular weight excluding hydrogens is 262 g/mol. The van der Waals surface area contributed by atoms with Crippen LogP contribution in [-0.2, 0) is 4.74 Å². The molecule has 0 amide bonds. The molecule has 1 atom stereocenters. The molecule has 1 unspecified atom stereocenters. The monoisotopic (exact) mass is 281 g/mol. The molecule has 1 aliphatic heterocycles. The Morgan fingerprint density at radius 1 is 1.58 bits per heavy atom. The second kappa shape index (κ2) is 6.41. The van der Waals surface area contributed by atoms with Crippen LogP contribution in [0.1, 0.15) is 15.9 Å². The highest BCUT2D eigenvalue weighted by Crippen LogP contribution is 2.23. The summed E-state index contributed by atoms with van der Waals surface area (Å²) >= 11 is 1.65. The van der Waals surface area contributed by atoms with Gasteiger partial charge >= 0.3 is 5.97 Å². The van der Waals surface area contributed by atoms with E-state index >= 15 is 0 Å². The molecule has 0 aliphatic carbocycles. The Morgan fingerprint density at radius 3 is 3.05 bits per heavy atom. The smallest absolute Gasteiger partial charge is 0.335 e. The average molecular weight is 281 g/mol. The van der Waals surface area contributed by atoms with E-state index < -0.39 is 5.97 Å². The molecule has 1 N–H and O–H groups in total. The highest BCUT2D eigenvalue weighted by molar-refractivity contribution is 7.99. The molecule has 1 aromatic carbocycles. The van der Waals surface area contributed by atoms with E-state index in [4.69, 9.17) is 9.84 Å². The van der Waals surface area contributed by atoms with E-state index in [1.54, 1.807) is 17.8 Å². The topological polar surface area (TPSA) is 49.8 Å². The minimum absolute atomic E-state index is 0.221. The van der Waals surface area contributed by atoms with E-state index in [2.05, 4.69) is 11.9 Å². The van der Waals surface area contributed by atoms with Crippen molar-refractivity contribution in [2.45, 2.75) is 17.9 Å². The molecule has 1 aliphatic rings. The molecule has 1 aromatic rings. The third-order valence-corrected chi connectivity index (χ3v) is 4.34. The number of carboxylic acids is 1. The van der Waals surface area contributed by atoms with Gasteiger partial charge in [-0.3, -0.25) is 0 Å². The molecule has 0 spiro atoms. The lowest BCUT2D eigenvalue weighted by molar-refractivity contribution is -0.00598. The molecule has 4 nitrogen and oxygen atoms in total. The van der Waals surface area contributed by atoms with Crippen LogP contribution in [0.25, 0.3) is 0 Å². The predicted octanol–water partition coefficient (Wildman–Crippen LogP) is 2.12. The number of thioether (sulfide) groups is 1. The van der Waals surface area contributed by atoms with Crippen molar-refractivity contribution < 1.29 is 14.6 Å². The zero-order valence-electron chi connectivity index (χ0n) is 11.3. The Hall–Kier alpha value is -1.04. The van der Waals surface area contributed by atoms with Crippen LogP contribution >= 0.6 is 11.8 Å². The highest BCUT2D eigenvalue weighted by atomic mass is 32.2. The fraction of sp³-hybridized carbons (Fsp3) is 0.500. The summed E-state index contributed by atoms with van der Waals surface area (Å²) in [5.74, 6) is -0.0134. The summed E-state index contributed by atoms with van der Waals surface area (Å²) in [5, 5.41) is 9.10. The number of rotatable bonds is 4. The van der Waals surface area contributed by atoms with Crippen molar-refractivity contribution in [1.82, 2.24) is 4.90 Å². The SMILES string of the molecule is Cc1ccc(SCC2CN(C)CCO2)cc1C(=O)O. The maximum absolute atomic E-state index is 11.1. The van der Waals surface area contributed by atoms with Crippen molar-refractivity contribution in [1.29, 1.82) is 0 Å². The van der Waals surface area contributed by atoms with Crippen LogP contribution in [0.5, 0.6) is 0 Å². The molecule has 1 saturated heterocycles. The van der Waals surface area contributed by atoms with Crippen molar-refractivity contribution in [2.75, 3.05) is 32.5 Å². The van der Waals surface area contributed by atoms with E-state index in [0.717, 1.165) is 35.9 Å². The number of morpholine rings is 1. The number of ether oxygens (including phenoxy) is 1. The largest absolute Gasteiger partial charge is 0.478 e. The third kappa shape index (κ3) is 3.96. The van der Waals surface area contributed by atoms with Gasteiger partial charge in [0.15, 0.2) is 0 Å². The maximum atomic E-state index is 11.1. The molecule has 0 aromatic heterocycles. The number of carboxylic acid groups (broad SMARTS) is 1. The molecule has 5 heteroatoms. The Morgan fingerprint density at radius 2 is 2.37 bits per heavy atom. The summed E-state index contributed by atoms with van der Waals surface area (Å²) < 4.78 is 5.69. The van der Waals surface area contributed by atoms with Crippen molar-refractivity contribution >= 4 is 17.7 Å². The first-order chi connectivity index (χ1) is 9.06. The Bertz CT molecular complexity index is 464. The number of carbonyl (C=O) groups is 1. The van der Waals surface area contributed by atoms with Crippen LogP contribution in [0.15, 0.2) is 23.1 Å². The van der Waals surface area contributed by atoms with Crippen molar-refractivity contribution in [3.05, 3.63) is 29.3 Å². The molecular formula is C14H19NO3S. The van der Waals surface area contributed by atoms with E-state index in [1.807, 2.05) is 19.1 Å². The summed E-state index contributed by atoms with van der Waals surface area (Å²) in [6, 6.07) is 5.58. The fourth-order valence-corrected chi connectivity index (χ4v) is 3.02. The minimum Gasteiger partial charge on any atom is -0.478 e. The first-order valence-electron chi connectivity index (χ1n) is 6.33. The van der Waals surface area contributed by atoms with Crippen LogP contribution < -0.4 is 0 Å². The summed E-state index contributed by atoms with van der Waals surface area (Å²) in [5.41, 5.74) is 1.18. The Balaban J connectivity index is 1.96. The van der Waals surface area contributed by atoms with E-state index in [-0.39, 0.29) is 6.10 Å². The van der Waals surface area contributed by atoms with Gasteiger partial charge in [0.05, 0.1) is 18.3 Å². The maximum Gasteiger partial charge on any atom is 0.335 e. The normalized spacial score (nSPS) is 20.4. The van der Waals surface area contributed by atoms with Gasteiger partial charge in [0, 0.05) is 23.7 Å². The van der Waals surface area contributed by atoms with Gasteiger partial charge in [-0.15, -0.1) is 11.8 Å². The van der Waals surface area contributed by atoms with Gasteiger partial charge in [-0.1, -0.05) is 6.07 Å². The Labute approximate surface area is 117 Å². The van der Waals surface area contributed by atoms with Crippen LogP contribution in [0.2, 0.25) is 0 Å². The molecule has 0 bridgehead atoms. The highest BCUT2D eigenvalue weighted by Gasteiger charge is 2.18. The lowest BCUT2D eigenvalue weighted by Crippen LogP contribution is -2.41. The van der Waals surface area contributed by atoms with Gasteiger partial charge in [-0.05, 0) is 31.7 Å². The van der Waals surface area contributed by atoms with Crippen LogP contribution in [0, 0.1) is 6.92 Å².